The minimum atomic E-state index is -3.59. The predicted octanol–water partition coefficient (Wildman–Crippen LogP) is 1.41. The highest BCUT2D eigenvalue weighted by Gasteiger charge is 2.35. The van der Waals surface area contributed by atoms with E-state index < -0.39 is 10.0 Å². The fourth-order valence-electron chi connectivity index (χ4n) is 3.45. The van der Waals surface area contributed by atoms with Crippen LogP contribution in [0.2, 0.25) is 0 Å². The molecule has 7 heteroatoms. The number of likely N-dealkylation sites (tertiary alicyclic amines) is 1. The second-order valence-electron chi connectivity index (χ2n) is 6.46. The van der Waals surface area contributed by atoms with Gasteiger partial charge in [-0.2, -0.15) is 0 Å². The zero-order chi connectivity index (χ0) is 18.7. The third-order valence-corrected chi connectivity index (χ3v) is 6.33. The summed E-state index contributed by atoms with van der Waals surface area (Å²) in [7, 11) is -2.24. The lowest BCUT2D eigenvalue weighted by atomic mass is 9.89. The van der Waals surface area contributed by atoms with E-state index in [2.05, 4.69) is 16.9 Å². The van der Waals surface area contributed by atoms with Gasteiger partial charge in [0, 0.05) is 24.6 Å². The van der Waals surface area contributed by atoms with Gasteiger partial charge in [-0.15, -0.1) is 0 Å². The molecule has 1 aliphatic heterocycles. The van der Waals surface area contributed by atoms with Gasteiger partial charge in [-0.25, -0.2) is 13.1 Å². The summed E-state index contributed by atoms with van der Waals surface area (Å²) >= 11 is 0. The SMILES string of the molecule is CNS(=O)(=O)c1cccc(C(=O)N2C[C@@H](CN)[C@H](c3ccccc3)C2)c1. The molecule has 1 saturated heterocycles. The van der Waals surface area contributed by atoms with E-state index in [1.807, 2.05) is 18.2 Å². The van der Waals surface area contributed by atoms with Crippen LogP contribution in [0.1, 0.15) is 21.8 Å². The Bertz CT molecular complexity index is 884. The summed E-state index contributed by atoms with van der Waals surface area (Å²) in [6.07, 6.45) is 0. The van der Waals surface area contributed by atoms with Gasteiger partial charge in [0.05, 0.1) is 4.90 Å². The highest BCUT2D eigenvalue weighted by molar-refractivity contribution is 7.89. The molecule has 1 amide bonds. The molecular formula is C19H23N3O3S. The van der Waals surface area contributed by atoms with E-state index in [9.17, 15) is 13.2 Å². The Morgan fingerprint density at radius 1 is 1.15 bits per heavy atom. The second-order valence-corrected chi connectivity index (χ2v) is 8.35. The van der Waals surface area contributed by atoms with Crippen LogP contribution >= 0.6 is 0 Å². The number of carbonyl (C=O) groups excluding carboxylic acids is 1. The van der Waals surface area contributed by atoms with Crippen molar-refractivity contribution in [3.8, 4) is 0 Å². The molecule has 0 saturated carbocycles. The van der Waals surface area contributed by atoms with Gasteiger partial charge in [0.2, 0.25) is 10.0 Å². The average molecular weight is 373 g/mol. The van der Waals surface area contributed by atoms with E-state index in [1.54, 1.807) is 17.0 Å². The first kappa shape index (κ1) is 18.6. The lowest BCUT2D eigenvalue weighted by Gasteiger charge is -2.17. The first-order chi connectivity index (χ1) is 12.5. The summed E-state index contributed by atoms with van der Waals surface area (Å²) in [5, 5.41) is 0. The number of amides is 1. The van der Waals surface area contributed by atoms with Crippen LogP contribution in [0, 0.1) is 5.92 Å². The van der Waals surface area contributed by atoms with Crippen molar-refractivity contribution < 1.29 is 13.2 Å². The van der Waals surface area contributed by atoms with Crippen LogP contribution in [0.5, 0.6) is 0 Å². The van der Waals surface area contributed by atoms with Crippen LogP contribution in [-0.4, -0.2) is 45.9 Å². The van der Waals surface area contributed by atoms with Gasteiger partial charge in [0.15, 0.2) is 0 Å². The van der Waals surface area contributed by atoms with Crippen molar-refractivity contribution in [3.05, 3.63) is 65.7 Å². The quantitative estimate of drug-likeness (QED) is 0.829. The minimum Gasteiger partial charge on any atom is -0.338 e. The van der Waals surface area contributed by atoms with Crippen LogP contribution in [0.4, 0.5) is 0 Å². The maximum absolute atomic E-state index is 12.9. The number of nitrogens with two attached hydrogens (primary N) is 1. The van der Waals surface area contributed by atoms with Crippen molar-refractivity contribution in [2.24, 2.45) is 11.7 Å². The topological polar surface area (TPSA) is 92.5 Å². The van der Waals surface area contributed by atoms with Crippen molar-refractivity contribution in [2.45, 2.75) is 10.8 Å². The van der Waals surface area contributed by atoms with Gasteiger partial charge in [-0.3, -0.25) is 4.79 Å². The molecule has 138 valence electrons. The molecular weight excluding hydrogens is 350 g/mol. The highest BCUT2D eigenvalue weighted by Crippen LogP contribution is 2.32. The van der Waals surface area contributed by atoms with E-state index in [0.29, 0.717) is 25.2 Å². The zero-order valence-corrected chi connectivity index (χ0v) is 15.4. The van der Waals surface area contributed by atoms with E-state index in [1.165, 1.54) is 24.7 Å². The molecule has 0 bridgehead atoms. The molecule has 1 heterocycles. The number of rotatable bonds is 5. The molecule has 0 unspecified atom stereocenters. The molecule has 0 aromatic heterocycles. The number of nitrogens with one attached hydrogen (secondary N) is 1. The number of nitrogens with zero attached hydrogens (tertiary/aromatic N) is 1. The average Bonchev–Trinajstić information content (AvgIpc) is 3.12. The molecule has 0 aliphatic carbocycles. The van der Waals surface area contributed by atoms with Gasteiger partial charge in [0.25, 0.3) is 5.91 Å². The van der Waals surface area contributed by atoms with Gasteiger partial charge in [-0.1, -0.05) is 36.4 Å². The maximum Gasteiger partial charge on any atom is 0.253 e. The Hall–Kier alpha value is -2.22. The monoisotopic (exact) mass is 373 g/mol. The fraction of sp³-hybridized carbons (Fsp3) is 0.316. The van der Waals surface area contributed by atoms with Crippen molar-refractivity contribution in [2.75, 3.05) is 26.7 Å². The minimum absolute atomic E-state index is 0.0834. The molecule has 1 fully saturated rings. The Morgan fingerprint density at radius 2 is 1.88 bits per heavy atom. The molecule has 3 N–H and O–H groups in total. The fourth-order valence-corrected chi connectivity index (χ4v) is 4.23. The van der Waals surface area contributed by atoms with Crippen molar-refractivity contribution >= 4 is 15.9 Å². The molecule has 2 aromatic rings. The van der Waals surface area contributed by atoms with Crippen LogP contribution < -0.4 is 10.5 Å². The van der Waals surface area contributed by atoms with Gasteiger partial charge >= 0.3 is 0 Å². The number of sulfonamides is 1. The van der Waals surface area contributed by atoms with Gasteiger partial charge in [-0.05, 0) is 43.3 Å². The lowest BCUT2D eigenvalue weighted by Crippen LogP contribution is -2.30. The van der Waals surface area contributed by atoms with Crippen LogP contribution in [-0.2, 0) is 10.0 Å². The van der Waals surface area contributed by atoms with E-state index >= 15 is 0 Å². The molecule has 3 rings (SSSR count). The first-order valence-corrected chi connectivity index (χ1v) is 10.0. The summed E-state index contributed by atoms with van der Waals surface area (Å²) in [6, 6.07) is 16.2. The number of hydrogen-bond acceptors (Lipinski definition) is 4. The van der Waals surface area contributed by atoms with Crippen LogP contribution in [0.15, 0.2) is 59.5 Å². The lowest BCUT2D eigenvalue weighted by molar-refractivity contribution is 0.0786. The van der Waals surface area contributed by atoms with Crippen LogP contribution in [0.25, 0.3) is 0 Å². The highest BCUT2D eigenvalue weighted by atomic mass is 32.2. The van der Waals surface area contributed by atoms with Crippen LogP contribution in [0.3, 0.4) is 0 Å². The van der Waals surface area contributed by atoms with Crippen molar-refractivity contribution in [3.63, 3.8) is 0 Å². The summed E-state index contributed by atoms with van der Waals surface area (Å²) in [5.41, 5.74) is 7.47. The van der Waals surface area contributed by atoms with Crippen molar-refractivity contribution in [1.82, 2.24) is 9.62 Å². The third kappa shape index (κ3) is 3.65. The Labute approximate surface area is 154 Å². The van der Waals surface area contributed by atoms with E-state index in [4.69, 9.17) is 5.73 Å². The Morgan fingerprint density at radius 3 is 2.54 bits per heavy atom. The second kappa shape index (κ2) is 7.57. The molecule has 0 spiro atoms. The number of carbonyl (C=O) groups is 1. The Kier molecular flexibility index (Phi) is 5.41. The summed E-state index contributed by atoms with van der Waals surface area (Å²) in [6.45, 7) is 1.64. The molecule has 6 nitrogen and oxygen atoms in total. The van der Waals surface area contributed by atoms with Crippen molar-refractivity contribution in [1.29, 1.82) is 0 Å². The van der Waals surface area contributed by atoms with Gasteiger partial charge in [0.1, 0.15) is 0 Å². The standard InChI is InChI=1S/C19H23N3O3S/c1-21-26(24,25)17-9-5-8-15(10-17)19(23)22-12-16(11-20)18(13-22)14-6-3-2-4-7-14/h2-10,16,18,21H,11-13,20H2,1H3/t16-,18+/m1/s1. The van der Waals surface area contributed by atoms with E-state index in [-0.39, 0.29) is 22.6 Å². The molecule has 26 heavy (non-hydrogen) atoms. The molecule has 1 aliphatic rings. The molecule has 2 atom stereocenters. The largest absolute Gasteiger partial charge is 0.338 e. The Balaban J connectivity index is 1.84. The first-order valence-electron chi connectivity index (χ1n) is 8.54. The maximum atomic E-state index is 12.9. The van der Waals surface area contributed by atoms with E-state index in [0.717, 1.165) is 0 Å². The number of benzene rings is 2. The molecule has 0 radical (unpaired) electrons. The van der Waals surface area contributed by atoms with Gasteiger partial charge < -0.3 is 10.6 Å². The zero-order valence-electron chi connectivity index (χ0n) is 14.6. The molecule has 2 aromatic carbocycles. The summed E-state index contributed by atoms with van der Waals surface area (Å²) in [4.78, 5) is 14.8. The third-order valence-electron chi connectivity index (χ3n) is 4.92. The summed E-state index contributed by atoms with van der Waals surface area (Å²) < 4.78 is 26.2. The smallest absolute Gasteiger partial charge is 0.253 e. The summed E-state index contributed by atoms with van der Waals surface area (Å²) in [5.74, 6) is 0.204. The predicted molar refractivity (Wildman–Crippen MR) is 100 cm³/mol. The normalized spacial score (nSPS) is 20.3. The number of hydrogen-bond donors (Lipinski definition) is 2.